The maximum Gasteiger partial charge on any atom is 0.278 e. The Morgan fingerprint density at radius 2 is 2.25 bits per heavy atom. The smallest absolute Gasteiger partial charge is 0.278 e. The fraction of sp³-hybridized carbons (Fsp3) is 0.462. The Labute approximate surface area is 115 Å². The molecule has 0 saturated carbocycles. The molecule has 0 amide bonds. The van der Waals surface area contributed by atoms with Gasteiger partial charge in [-0.05, 0) is 12.1 Å². The van der Waals surface area contributed by atoms with Gasteiger partial charge in [0, 0.05) is 19.6 Å². The predicted molar refractivity (Wildman–Crippen MR) is 74.2 cm³/mol. The summed E-state index contributed by atoms with van der Waals surface area (Å²) in [5.74, 6) is 0. The van der Waals surface area contributed by atoms with E-state index in [9.17, 15) is 4.79 Å². The molecule has 0 radical (unpaired) electrons. The van der Waals surface area contributed by atoms with Gasteiger partial charge in [-0.15, -0.1) is 5.10 Å². The van der Waals surface area contributed by atoms with E-state index in [2.05, 4.69) is 15.2 Å². The van der Waals surface area contributed by atoms with Crippen LogP contribution in [0.15, 0.2) is 29.1 Å². The van der Waals surface area contributed by atoms with Gasteiger partial charge >= 0.3 is 0 Å². The van der Waals surface area contributed by atoms with Gasteiger partial charge < -0.3 is 10.5 Å². The van der Waals surface area contributed by atoms with E-state index < -0.39 is 0 Å². The van der Waals surface area contributed by atoms with Crippen LogP contribution >= 0.6 is 0 Å². The minimum atomic E-state index is -0.119. The van der Waals surface area contributed by atoms with Gasteiger partial charge in [-0.25, -0.2) is 0 Å². The number of hydrogen-bond acceptors (Lipinski definition) is 6. The van der Waals surface area contributed by atoms with Crippen LogP contribution in [0.25, 0.3) is 10.9 Å². The Morgan fingerprint density at radius 3 is 3.10 bits per heavy atom. The van der Waals surface area contributed by atoms with Crippen molar-refractivity contribution in [2.24, 2.45) is 5.73 Å². The van der Waals surface area contributed by atoms with Crippen molar-refractivity contribution in [1.29, 1.82) is 0 Å². The van der Waals surface area contributed by atoms with E-state index in [1.54, 1.807) is 12.1 Å². The number of nitrogens with two attached hydrogens (primary N) is 1. The number of hydrogen-bond donors (Lipinski definition) is 1. The molecule has 1 aliphatic rings. The highest BCUT2D eigenvalue weighted by Gasteiger charge is 2.20. The van der Waals surface area contributed by atoms with E-state index in [4.69, 9.17) is 10.5 Å². The average Bonchev–Trinajstić information content (AvgIpc) is 2.50. The predicted octanol–water partition coefficient (Wildman–Crippen LogP) is -0.591. The van der Waals surface area contributed by atoms with Crippen molar-refractivity contribution in [2.75, 3.05) is 26.2 Å². The molecule has 1 aromatic heterocycles. The highest BCUT2D eigenvalue weighted by atomic mass is 16.5. The normalized spacial score (nSPS) is 20.4. The van der Waals surface area contributed by atoms with Crippen LogP contribution in [0.2, 0.25) is 0 Å². The highest BCUT2D eigenvalue weighted by molar-refractivity contribution is 5.76. The zero-order chi connectivity index (χ0) is 13.9. The quantitative estimate of drug-likeness (QED) is 0.805. The maximum absolute atomic E-state index is 12.3. The van der Waals surface area contributed by atoms with Crippen LogP contribution in [-0.4, -0.2) is 52.2 Å². The lowest BCUT2D eigenvalue weighted by molar-refractivity contribution is -0.0357. The Kier molecular flexibility index (Phi) is 3.72. The van der Waals surface area contributed by atoms with Gasteiger partial charge in [-0.2, -0.15) is 4.68 Å². The molecule has 1 saturated heterocycles. The second kappa shape index (κ2) is 5.66. The third kappa shape index (κ3) is 2.55. The fourth-order valence-electron chi connectivity index (χ4n) is 2.36. The first kappa shape index (κ1) is 13.2. The topological polar surface area (TPSA) is 86.3 Å². The third-order valence-electron chi connectivity index (χ3n) is 3.45. The molecule has 2 aromatic rings. The highest BCUT2D eigenvalue weighted by Crippen LogP contribution is 2.06. The van der Waals surface area contributed by atoms with E-state index in [-0.39, 0.29) is 11.7 Å². The molecule has 0 bridgehead atoms. The van der Waals surface area contributed by atoms with Gasteiger partial charge in [0.2, 0.25) is 0 Å². The molecular formula is C13H17N5O2. The molecule has 1 aromatic carbocycles. The van der Waals surface area contributed by atoms with Crippen LogP contribution in [0.3, 0.4) is 0 Å². The first-order chi connectivity index (χ1) is 9.78. The lowest BCUT2D eigenvalue weighted by Crippen LogP contribution is -2.47. The second-order valence-electron chi connectivity index (χ2n) is 4.86. The monoisotopic (exact) mass is 275 g/mol. The largest absolute Gasteiger partial charge is 0.374 e. The molecule has 0 aliphatic carbocycles. The van der Waals surface area contributed by atoms with E-state index >= 15 is 0 Å². The van der Waals surface area contributed by atoms with Gasteiger partial charge in [0.05, 0.1) is 24.8 Å². The van der Waals surface area contributed by atoms with Gasteiger partial charge in [-0.3, -0.25) is 9.69 Å². The molecule has 1 atom stereocenters. The van der Waals surface area contributed by atoms with E-state index in [0.717, 1.165) is 6.54 Å². The summed E-state index contributed by atoms with van der Waals surface area (Å²) in [6, 6.07) is 7.22. The standard InChI is InChI=1S/C13H17N5O2/c14-7-10-8-17(5-6-20-10)9-18-13(19)11-3-1-2-4-12(11)15-16-18/h1-4,10H,5-9,14H2. The average molecular weight is 275 g/mol. The Bertz CT molecular complexity index is 656. The lowest BCUT2D eigenvalue weighted by Gasteiger charge is -2.31. The van der Waals surface area contributed by atoms with Gasteiger partial charge in [0.15, 0.2) is 0 Å². The van der Waals surface area contributed by atoms with E-state index in [1.807, 2.05) is 12.1 Å². The summed E-state index contributed by atoms with van der Waals surface area (Å²) in [4.78, 5) is 14.4. The minimum Gasteiger partial charge on any atom is -0.374 e. The Morgan fingerprint density at radius 1 is 1.40 bits per heavy atom. The summed E-state index contributed by atoms with van der Waals surface area (Å²) in [7, 11) is 0. The zero-order valence-corrected chi connectivity index (χ0v) is 11.1. The Balaban J connectivity index is 1.84. The van der Waals surface area contributed by atoms with Crippen molar-refractivity contribution in [1.82, 2.24) is 19.9 Å². The van der Waals surface area contributed by atoms with Crippen LogP contribution < -0.4 is 11.3 Å². The third-order valence-corrected chi connectivity index (χ3v) is 3.45. The Hall–Kier alpha value is -1.83. The lowest BCUT2D eigenvalue weighted by atomic mass is 10.2. The minimum absolute atomic E-state index is 0.0212. The number of ether oxygens (including phenoxy) is 1. The summed E-state index contributed by atoms with van der Waals surface area (Å²) in [5.41, 5.74) is 6.12. The fourth-order valence-corrected chi connectivity index (χ4v) is 2.36. The molecule has 3 rings (SSSR count). The molecule has 20 heavy (non-hydrogen) atoms. The SMILES string of the molecule is NCC1CN(Cn2nnc3ccccc3c2=O)CCO1. The first-order valence-corrected chi connectivity index (χ1v) is 6.64. The number of rotatable bonds is 3. The summed E-state index contributed by atoms with van der Waals surface area (Å²) >= 11 is 0. The van der Waals surface area contributed by atoms with Crippen molar-refractivity contribution in [3.63, 3.8) is 0 Å². The number of aromatic nitrogens is 3. The maximum atomic E-state index is 12.3. The number of benzene rings is 1. The molecule has 1 fully saturated rings. The summed E-state index contributed by atoms with van der Waals surface area (Å²) in [6.07, 6.45) is 0.0212. The number of fused-ring (bicyclic) bond motifs is 1. The first-order valence-electron chi connectivity index (χ1n) is 6.64. The van der Waals surface area contributed by atoms with Crippen LogP contribution in [0, 0.1) is 0 Å². The van der Waals surface area contributed by atoms with Gasteiger partial charge in [0.25, 0.3) is 5.56 Å². The van der Waals surface area contributed by atoms with Gasteiger partial charge in [-0.1, -0.05) is 17.3 Å². The number of morpholine rings is 1. The molecule has 2 N–H and O–H groups in total. The van der Waals surface area contributed by atoms with Crippen LogP contribution in [0.5, 0.6) is 0 Å². The van der Waals surface area contributed by atoms with E-state index in [1.165, 1.54) is 4.68 Å². The van der Waals surface area contributed by atoms with Crippen molar-refractivity contribution < 1.29 is 4.74 Å². The van der Waals surface area contributed by atoms with E-state index in [0.29, 0.717) is 37.3 Å². The molecule has 2 heterocycles. The zero-order valence-electron chi connectivity index (χ0n) is 11.1. The molecule has 1 unspecified atom stereocenters. The van der Waals surface area contributed by atoms with Crippen LogP contribution in [0.4, 0.5) is 0 Å². The van der Waals surface area contributed by atoms with Crippen molar-refractivity contribution in [2.45, 2.75) is 12.8 Å². The van der Waals surface area contributed by atoms with Crippen molar-refractivity contribution in [3.05, 3.63) is 34.6 Å². The van der Waals surface area contributed by atoms with Crippen LogP contribution in [0.1, 0.15) is 0 Å². The molecule has 106 valence electrons. The molecule has 7 heteroatoms. The van der Waals surface area contributed by atoms with Crippen LogP contribution in [-0.2, 0) is 11.4 Å². The molecular weight excluding hydrogens is 258 g/mol. The molecule has 1 aliphatic heterocycles. The molecule has 7 nitrogen and oxygen atoms in total. The second-order valence-corrected chi connectivity index (χ2v) is 4.86. The summed E-state index contributed by atoms with van der Waals surface area (Å²) in [6.45, 7) is 2.98. The number of nitrogens with zero attached hydrogens (tertiary/aromatic N) is 4. The summed E-state index contributed by atoms with van der Waals surface area (Å²) in [5, 5.41) is 8.66. The molecule has 0 spiro atoms. The van der Waals surface area contributed by atoms with Crippen molar-refractivity contribution >= 4 is 10.9 Å². The summed E-state index contributed by atoms with van der Waals surface area (Å²) < 4.78 is 6.90. The van der Waals surface area contributed by atoms with Gasteiger partial charge in [0.1, 0.15) is 5.52 Å². The van der Waals surface area contributed by atoms with Crippen molar-refractivity contribution in [3.8, 4) is 0 Å².